The van der Waals surface area contributed by atoms with Gasteiger partial charge in [-0.25, -0.2) is 0 Å². The van der Waals surface area contributed by atoms with Crippen LogP contribution in [0, 0.1) is 11.3 Å². The van der Waals surface area contributed by atoms with Crippen molar-refractivity contribution in [2.75, 3.05) is 13.2 Å². The van der Waals surface area contributed by atoms with Crippen LogP contribution in [0.3, 0.4) is 0 Å². The predicted octanol–water partition coefficient (Wildman–Crippen LogP) is 6.35. The van der Waals surface area contributed by atoms with E-state index in [0.717, 1.165) is 41.5 Å². The largest absolute Gasteiger partial charge is 0.377 e. The van der Waals surface area contributed by atoms with E-state index in [0.29, 0.717) is 38.3 Å². The van der Waals surface area contributed by atoms with E-state index in [-0.39, 0.29) is 5.91 Å². The Morgan fingerprint density at radius 2 is 1.64 bits per heavy atom. The lowest BCUT2D eigenvalue weighted by atomic mass is 9.99. The number of unbranched alkanes of at least 4 members (excludes halogenated alkanes) is 1. The van der Waals surface area contributed by atoms with Gasteiger partial charge >= 0.3 is 0 Å². The van der Waals surface area contributed by atoms with Gasteiger partial charge < -0.3 is 9.64 Å². The summed E-state index contributed by atoms with van der Waals surface area (Å²) in [7, 11) is 0. The molecule has 0 aliphatic rings. The number of nitriles is 1. The normalized spacial score (nSPS) is 10.5. The van der Waals surface area contributed by atoms with Crippen LogP contribution in [-0.2, 0) is 22.7 Å². The Labute approximate surface area is 197 Å². The van der Waals surface area contributed by atoms with Crippen molar-refractivity contribution in [2.45, 2.75) is 45.8 Å². The van der Waals surface area contributed by atoms with Crippen LogP contribution in [-0.4, -0.2) is 24.0 Å². The Balaban J connectivity index is 1.58. The van der Waals surface area contributed by atoms with Crippen LogP contribution in [0.25, 0.3) is 11.1 Å². The van der Waals surface area contributed by atoms with Gasteiger partial charge in [0.05, 0.1) is 18.2 Å². The molecule has 0 radical (unpaired) electrons. The van der Waals surface area contributed by atoms with Crippen LogP contribution in [0.1, 0.15) is 49.3 Å². The van der Waals surface area contributed by atoms with Crippen LogP contribution < -0.4 is 0 Å². The van der Waals surface area contributed by atoms with E-state index in [4.69, 9.17) is 4.74 Å². The molecule has 0 saturated heterocycles. The maximum Gasteiger partial charge on any atom is 0.222 e. The summed E-state index contributed by atoms with van der Waals surface area (Å²) < 4.78 is 5.80. The lowest BCUT2D eigenvalue weighted by molar-refractivity contribution is -0.132. The predicted molar refractivity (Wildman–Crippen MR) is 132 cm³/mol. The molecule has 170 valence electrons. The van der Waals surface area contributed by atoms with Crippen molar-refractivity contribution in [1.82, 2.24) is 4.90 Å². The Hall–Kier alpha value is -3.42. The maximum absolute atomic E-state index is 12.8. The molecule has 0 saturated carbocycles. The smallest absolute Gasteiger partial charge is 0.222 e. The van der Waals surface area contributed by atoms with Crippen molar-refractivity contribution in [3.8, 4) is 17.2 Å². The lowest BCUT2D eigenvalue weighted by Crippen LogP contribution is -2.32. The molecule has 0 aliphatic carbocycles. The fraction of sp³-hybridized carbons (Fsp3) is 0.310. The number of benzene rings is 3. The molecule has 3 aromatic carbocycles. The molecule has 0 spiro atoms. The summed E-state index contributed by atoms with van der Waals surface area (Å²) in [6.45, 7) is 4.58. The second kappa shape index (κ2) is 13.2. The average molecular weight is 441 g/mol. The lowest BCUT2D eigenvalue weighted by Gasteiger charge is -2.23. The molecule has 1 amide bonds. The number of nitrogens with zero attached hydrogens (tertiary/aromatic N) is 2. The fourth-order valence-corrected chi connectivity index (χ4v) is 3.74. The summed E-state index contributed by atoms with van der Waals surface area (Å²) in [4.78, 5) is 14.8. The molecule has 0 N–H and O–H groups in total. The van der Waals surface area contributed by atoms with Gasteiger partial charge in [-0.2, -0.15) is 5.26 Å². The van der Waals surface area contributed by atoms with Crippen LogP contribution in [0.4, 0.5) is 0 Å². The van der Waals surface area contributed by atoms with Gasteiger partial charge in [-0.1, -0.05) is 86.1 Å². The molecule has 0 heterocycles. The zero-order valence-corrected chi connectivity index (χ0v) is 19.4. The van der Waals surface area contributed by atoms with Gasteiger partial charge in [-0.15, -0.1) is 0 Å². The van der Waals surface area contributed by atoms with Crippen molar-refractivity contribution in [3.05, 3.63) is 95.6 Å². The first-order chi connectivity index (χ1) is 16.2. The molecular weight excluding hydrogens is 408 g/mol. The van der Waals surface area contributed by atoms with Crippen LogP contribution >= 0.6 is 0 Å². The molecule has 0 fully saturated rings. The molecule has 0 aromatic heterocycles. The second-order valence-corrected chi connectivity index (χ2v) is 8.16. The van der Waals surface area contributed by atoms with Gasteiger partial charge in [0.15, 0.2) is 0 Å². The van der Waals surface area contributed by atoms with E-state index in [1.165, 1.54) is 0 Å². The van der Waals surface area contributed by atoms with Crippen molar-refractivity contribution >= 4 is 5.91 Å². The molecular formula is C29H32N2O2. The first-order valence-electron chi connectivity index (χ1n) is 11.7. The summed E-state index contributed by atoms with van der Waals surface area (Å²) in [5.41, 5.74) is 4.85. The molecule has 3 aromatic rings. The number of carbonyl (C=O) groups excluding carboxylic acids is 1. The van der Waals surface area contributed by atoms with E-state index >= 15 is 0 Å². The Kier molecular flexibility index (Phi) is 9.69. The molecule has 0 atom stereocenters. The third-order valence-electron chi connectivity index (χ3n) is 5.61. The number of hydrogen-bond acceptors (Lipinski definition) is 3. The fourth-order valence-electron chi connectivity index (χ4n) is 3.74. The quantitative estimate of drug-likeness (QED) is 0.308. The van der Waals surface area contributed by atoms with Gasteiger partial charge in [0, 0.05) is 26.1 Å². The Morgan fingerprint density at radius 1 is 0.909 bits per heavy atom. The molecule has 0 bridgehead atoms. The van der Waals surface area contributed by atoms with Gasteiger partial charge in [-0.05, 0) is 41.2 Å². The molecule has 0 unspecified atom stereocenters. The zero-order chi connectivity index (χ0) is 23.3. The van der Waals surface area contributed by atoms with Crippen LogP contribution in [0.15, 0.2) is 78.9 Å². The highest BCUT2D eigenvalue weighted by Crippen LogP contribution is 2.24. The van der Waals surface area contributed by atoms with Crippen LogP contribution in [0.5, 0.6) is 0 Å². The number of carbonyl (C=O) groups is 1. The highest BCUT2D eigenvalue weighted by Gasteiger charge is 2.14. The minimum absolute atomic E-state index is 0.193. The van der Waals surface area contributed by atoms with E-state index in [1.54, 1.807) is 0 Å². The summed E-state index contributed by atoms with van der Waals surface area (Å²) in [5.74, 6) is 0.193. The number of amides is 1. The second-order valence-electron chi connectivity index (χ2n) is 8.16. The van der Waals surface area contributed by atoms with Crippen molar-refractivity contribution in [2.24, 2.45) is 0 Å². The summed E-state index contributed by atoms with van der Waals surface area (Å²) >= 11 is 0. The van der Waals surface area contributed by atoms with Gasteiger partial charge in [0.25, 0.3) is 0 Å². The molecule has 33 heavy (non-hydrogen) atoms. The van der Waals surface area contributed by atoms with E-state index in [1.807, 2.05) is 59.5 Å². The summed E-state index contributed by atoms with van der Waals surface area (Å²) in [6, 6.07) is 28.2. The first kappa shape index (κ1) is 24.2. The molecule has 3 rings (SSSR count). The van der Waals surface area contributed by atoms with Crippen molar-refractivity contribution < 1.29 is 9.53 Å². The van der Waals surface area contributed by atoms with E-state index < -0.39 is 0 Å². The maximum atomic E-state index is 12.8. The number of hydrogen-bond donors (Lipinski definition) is 0. The third-order valence-corrected chi connectivity index (χ3v) is 5.61. The van der Waals surface area contributed by atoms with Crippen LogP contribution in [0.2, 0.25) is 0 Å². The first-order valence-corrected chi connectivity index (χ1v) is 11.7. The minimum atomic E-state index is 0.193. The SMILES string of the molecule is CCCCC(=O)N(CCCOCc1ccccc1)Cc1ccc(-c2ccccc2C#N)cc1. The van der Waals surface area contributed by atoms with Crippen molar-refractivity contribution in [3.63, 3.8) is 0 Å². The monoisotopic (exact) mass is 440 g/mol. The highest BCUT2D eigenvalue weighted by molar-refractivity contribution is 5.76. The topological polar surface area (TPSA) is 53.3 Å². The Morgan fingerprint density at radius 3 is 2.36 bits per heavy atom. The molecule has 0 aliphatic heterocycles. The third kappa shape index (κ3) is 7.59. The number of rotatable bonds is 12. The molecule has 4 nitrogen and oxygen atoms in total. The van der Waals surface area contributed by atoms with Gasteiger partial charge in [0.2, 0.25) is 5.91 Å². The average Bonchev–Trinajstić information content (AvgIpc) is 2.87. The number of ether oxygens (including phenoxy) is 1. The van der Waals surface area contributed by atoms with Gasteiger partial charge in [0.1, 0.15) is 0 Å². The summed E-state index contributed by atoms with van der Waals surface area (Å²) in [5, 5.41) is 9.37. The standard InChI is InChI=1S/C29H32N2O2/c1-2-3-14-29(32)31(19-9-20-33-23-25-10-5-4-6-11-25)22-24-15-17-26(18-16-24)28-13-8-7-12-27(28)21-30/h4-8,10-13,15-18H,2-3,9,14,19-20,22-23H2,1H3. The van der Waals surface area contributed by atoms with Gasteiger partial charge in [-0.3, -0.25) is 4.79 Å². The Bertz CT molecular complexity index is 1040. The highest BCUT2D eigenvalue weighted by atomic mass is 16.5. The summed E-state index contributed by atoms with van der Waals surface area (Å²) in [6.07, 6.45) is 3.30. The van der Waals surface area contributed by atoms with E-state index in [9.17, 15) is 10.1 Å². The minimum Gasteiger partial charge on any atom is -0.377 e. The van der Waals surface area contributed by atoms with E-state index in [2.05, 4.69) is 37.3 Å². The van der Waals surface area contributed by atoms with Crippen molar-refractivity contribution in [1.29, 1.82) is 5.26 Å². The zero-order valence-electron chi connectivity index (χ0n) is 19.4. The molecule has 4 heteroatoms.